The van der Waals surface area contributed by atoms with Crippen LogP contribution in [-0.4, -0.2) is 74.9 Å². The third-order valence-corrected chi connectivity index (χ3v) is 17.0. The zero-order chi connectivity index (χ0) is 68.3. The maximum atomic E-state index is 12.9. The molecule has 94 heavy (non-hydrogen) atoms. The predicted octanol–water partition coefficient (Wildman–Crippen LogP) is 25.5. The summed E-state index contributed by atoms with van der Waals surface area (Å²) < 4.78 is 34.8. The van der Waals surface area contributed by atoms with Crippen LogP contribution in [0.1, 0.15) is 309 Å². The monoisotopic (exact) mass is 1330 g/mol. The Morgan fingerprint density at radius 3 is 0.851 bits per heavy atom. The van der Waals surface area contributed by atoms with Crippen molar-refractivity contribution in [2.24, 2.45) is 0 Å². The second kappa shape index (κ2) is 72.9. The van der Waals surface area contributed by atoms with E-state index in [4.69, 9.17) is 18.5 Å². The van der Waals surface area contributed by atoms with E-state index in [-0.39, 0.29) is 32.0 Å². The van der Waals surface area contributed by atoms with E-state index >= 15 is 0 Å². The largest absolute Gasteiger partial charge is 0.472 e. The number of hydrogen-bond donors (Lipinski definition) is 1. The Kier molecular flexibility index (Phi) is 69.5. The van der Waals surface area contributed by atoms with Crippen molar-refractivity contribution in [1.82, 2.24) is 0 Å². The van der Waals surface area contributed by atoms with Crippen molar-refractivity contribution in [3.63, 3.8) is 0 Å². The zero-order valence-electron chi connectivity index (χ0n) is 61.1. The van der Waals surface area contributed by atoms with E-state index in [1.54, 1.807) is 0 Å². The zero-order valence-corrected chi connectivity index (χ0v) is 62.0. The summed E-state index contributed by atoms with van der Waals surface area (Å²) in [7, 11) is 1.47. The molecular weight excluding hydrogens is 1180 g/mol. The van der Waals surface area contributed by atoms with Gasteiger partial charge in [0.25, 0.3) is 0 Å². The number of carbonyl (C=O) groups excluding carboxylic acids is 2. The molecule has 0 saturated carbocycles. The number of quaternary nitrogens is 1. The molecule has 0 saturated heterocycles. The summed E-state index contributed by atoms with van der Waals surface area (Å²) in [6, 6.07) is 0. The molecule has 0 heterocycles. The molecule has 0 aromatic rings. The van der Waals surface area contributed by atoms with E-state index in [2.05, 4.69) is 172 Å². The maximum absolute atomic E-state index is 12.9. The second-order valence-electron chi connectivity index (χ2n) is 26.3. The number of ether oxygens (including phenoxy) is 2. The van der Waals surface area contributed by atoms with Gasteiger partial charge in [-0.3, -0.25) is 18.6 Å². The quantitative estimate of drug-likeness (QED) is 0.0211. The molecule has 0 radical (unpaired) electrons. The normalized spacial score (nSPS) is 14.0. The fraction of sp³-hybridized carbons (Fsp3) is 0.667. The number of rotatable bonds is 69. The van der Waals surface area contributed by atoms with Gasteiger partial charge in [0.05, 0.1) is 27.7 Å². The number of unbranched alkanes of at least 4 members (excludes halogenated alkanes) is 29. The van der Waals surface area contributed by atoms with Crippen molar-refractivity contribution in [1.29, 1.82) is 0 Å². The first-order chi connectivity index (χ1) is 46.0. The second-order valence-corrected chi connectivity index (χ2v) is 27.7. The first kappa shape index (κ1) is 89.6. The maximum Gasteiger partial charge on any atom is 0.472 e. The average Bonchev–Trinajstić information content (AvgIpc) is 1.66. The molecule has 0 spiro atoms. The van der Waals surface area contributed by atoms with Gasteiger partial charge in [-0.15, -0.1) is 0 Å². The van der Waals surface area contributed by atoms with Crippen LogP contribution in [0.4, 0.5) is 0 Å². The van der Waals surface area contributed by atoms with Crippen LogP contribution in [0.5, 0.6) is 0 Å². The van der Waals surface area contributed by atoms with Gasteiger partial charge in [0.1, 0.15) is 19.8 Å². The van der Waals surface area contributed by atoms with Crippen LogP contribution < -0.4 is 0 Å². The summed E-state index contributed by atoms with van der Waals surface area (Å²) in [5.74, 6) is -0.802. The van der Waals surface area contributed by atoms with Crippen molar-refractivity contribution in [3.8, 4) is 0 Å². The Morgan fingerprint density at radius 1 is 0.330 bits per heavy atom. The lowest BCUT2D eigenvalue weighted by atomic mass is 10.0. The lowest BCUT2D eigenvalue weighted by Gasteiger charge is -2.24. The highest BCUT2D eigenvalue weighted by Crippen LogP contribution is 2.43. The summed E-state index contributed by atoms with van der Waals surface area (Å²) in [6.45, 7) is 4.21. The van der Waals surface area contributed by atoms with Crippen molar-refractivity contribution in [2.45, 2.75) is 315 Å². The molecule has 0 rings (SSSR count). The van der Waals surface area contributed by atoms with Crippen molar-refractivity contribution in [3.05, 3.63) is 158 Å². The smallest absolute Gasteiger partial charge is 0.462 e. The third-order valence-electron chi connectivity index (χ3n) is 16.1. The Balaban J connectivity index is 4.02. The molecular formula is C84H143NO8P+. The van der Waals surface area contributed by atoms with Gasteiger partial charge in [0.2, 0.25) is 0 Å². The first-order valence-corrected chi connectivity index (χ1v) is 39.7. The fourth-order valence-electron chi connectivity index (χ4n) is 10.3. The molecule has 0 amide bonds. The highest BCUT2D eigenvalue weighted by Gasteiger charge is 2.27. The Hall–Kier alpha value is -4.37. The lowest BCUT2D eigenvalue weighted by Crippen LogP contribution is -2.37. The molecule has 0 aromatic heterocycles. The Labute approximate surface area is 579 Å². The highest BCUT2D eigenvalue weighted by atomic mass is 31.2. The Bertz CT molecular complexity index is 2150. The van der Waals surface area contributed by atoms with Crippen molar-refractivity contribution in [2.75, 3.05) is 47.5 Å². The van der Waals surface area contributed by atoms with Crippen molar-refractivity contribution < 1.29 is 42.1 Å². The van der Waals surface area contributed by atoms with Gasteiger partial charge in [0, 0.05) is 12.8 Å². The van der Waals surface area contributed by atoms with E-state index in [9.17, 15) is 19.0 Å². The van der Waals surface area contributed by atoms with Gasteiger partial charge in [-0.1, -0.05) is 332 Å². The molecule has 0 bridgehead atoms. The predicted molar refractivity (Wildman–Crippen MR) is 408 cm³/mol. The first-order valence-electron chi connectivity index (χ1n) is 38.2. The number of hydrogen-bond acceptors (Lipinski definition) is 7. The Morgan fingerprint density at radius 2 is 0.574 bits per heavy atom. The summed E-state index contributed by atoms with van der Waals surface area (Å²) in [4.78, 5) is 36.0. The average molecular weight is 1330 g/mol. The van der Waals surface area contributed by atoms with E-state index in [1.807, 2.05) is 21.1 Å². The number of carbonyl (C=O) groups is 2. The molecule has 0 aromatic carbocycles. The molecule has 0 aliphatic carbocycles. The van der Waals surface area contributed by atoms with Crippen LogP contribution in [0.15, 0.2) is 158 Å². The van der Waals surface area contributed by atoms with Gasteiger partial charge in [-0.25, -0.2) is 4.57 Å². The SMILES string of the molecule is CC/C=C\C/C=C\C/C=C\C/C=C\C/C=C\C/C=C\C/C=C\CCCCCCCCCCCC(=O)OC(COC(=O)CCCCCCCCCCCCCCCCCCCCCC/C=C\C/C=C\C/C=C\C/C=C\C/C=C\C/C=C\CC)COP(=O)(O)OCC[N+](C)(C)C. The van der Waals surface area contributed by atoms with Gasteiger partial charge >= 0.3 is 19.8 Å². The topological polar surface area (TPSA) is 108 Å². The standard InChI is InChI=1S/C84H142NO8P/c1-6-8-10-12-14-16-18-20-22-24-26-28-30-32-34-36-38-39-40-41-42-43-44-45-47-48-50-52-54-56-58-60-62-64-66-68-70-72-74-76-83(86)90-80-82(81-92-94(88,89)91-79-78-85(3,4)5)93-84(87)77-75-73-71-69-67-65-63-61-59-57-55-53-51-49-46-37-35-33-31-29-27-25-23-21-19-17-15-13-11-9-7-2/h8-11,14-17,20-23,26-29,32-35,38-39,46,49,53,55,82H,6-7,12-13,18-19,24-25,30-31,36-37,40-45,47-48,50-52,54,56-81H2,1-5H3/p+1/b10-8-,11-9-,16-14-,17-15-,22-20-,23-21-,28-26-,29-27-,34-32-,35-33-,39-38-,49-46-,55-53-. The number of allylic oxidation sites excluding steroid dienone is 26. The summed E-state index contributed by atoms with van der Waals surface area (Å²) in [5.41, 5.74) is 0. The summed E-state index contributed by atoms with van der Waals surface area (Å²) >= 11 is 0. The number of esters is 2. The molecule has 0 fully saturated rings. The van der Waals surface area contributed by atoms with Crippen LogP contribution >= 0.6 is 7.82 Å². The molecule has 0 aliphatic heterocycles. The molecule has 2 atom stereocenters. The van der Waals surface area contributed by atoms with Gasteiger partial charge in [0.15, 0.2) is 6.10 Å². The van der Waals surface area contributed by atoms with E-state index in [1.165, 1.54) is 148 Å². The van der Waals surface area contributed by atoms with E-state index in [0.29, 0.717) is 17.4 Å². The summed E-state index contributed by atoms with van der Waals surface area (Å²) in [6.07, 6.45) is 109. The van der Waals surface area contributed by atoms with E-state index in [0.717, 1.165) is 128 Å². The van der Waals surface area contributed by atoms with E-state index < -0.39 is 26.5 Å². The van der Waals surface area contributed by atoms with Crippen LogP contribution in [0, 0.1) is 0 Å². The number of nitrogens with zero attached hydrogens (tertiary/aromatic N) is 1. The molecule has 2 unspecified atom stereocenters. The van der Waals surface area contributed by atoms with Crippen LogP contribution in [0.25, 0.3) is 0 Å². The van der Waals surface area contributed by atoms with Gasteiger partial charge in [-0.2, -0.15) is 0 Å². The molecule has 1 N–H and O–H groups in total. The molecule has 9 nitrogen and oxygen atoms in total. The number of phosphoric ester groups is 1. The highest BCUT2D eigenvalue weighted by molar-refractivity contribution is 7.47. The fourth-order valence-corrected chi connectivity index (χ4v) is 11.0. The summed E-state index contributed by atoms with van der Waals surface area (Å²) in [5, 5.41) is 0. The number of phosphoric acid groups is 1. The molecule has 10 heteroatoms. The van der Waals surface area contributed by atoms with Crippen LogP contribution in [0.3, 0.4) is 0 Å². The molecule has 536 valence electrons. The molecule has 0 aliphatic rings. The third kappa shape index (κ3) is 76.6. The van der Waals surface area contributed by atoms with Crippen molar-refractivity contribution >= 4 is 19.8 Å². The minimum absolute atomic E-state index is 0.0248. The van der Waals surface area contributed by atoms with Crippen LogP contribution in [-0.2, 0) is 32.7 Å². The lowest BCUT2D eigenvalue weighted by molar-refractivity contribution is -0.870. The van der Waals surface area contributed by atoms with Crippen LogP contribution in [0.2, 0.25) is 0 Å². The van der Waals surface area contributed by atoms with Gasteiger partial charge in [-0.05, 0) is 122 Å². The minimum atomic E-state index is -4.40. The van der Waals surface area contributed by atoms with Gasteiger partial charge < -0.3 is 18.9 Å². The number of likely N-dealkylation sites (N-methyl/N-ethyl adjacent to an activating group) is 1. The minimum Gasteiger partial charge on any atom is -0.462 e.